The molecule has 1 N–H and O–H groups in total. The van der Waals surface area contributed by atoms with Crippen LogP contribution in [0.15, 0.2) is 22.7 Å². The lowest BCUT2D eigenvalue weighted by atomic mass is 9.83. The highest BCUT2D eigenvalue weighted by atomic mass is 79.9. The third-order valence-electron chi connectivity index (χ3n) is 3.91. The summed E-state index contributed by atoms with van der Waals surface area (Å²) >= 11 is 3.70. The van der Waals surface area contributed by atoms with Gasteiger partial charge in [-0.15, -0.1) is 0 Å². The average Bonchev–Trinajstić information content (AvgIpc) is 2.38. The fraction of sp³-hybridized carbons (Fsp3) is 0.600. The summed E-state index contributed by atoms with van der Waals surface area (Å²) < 4.78 is 1.22. The topological polar surface area (TPSA) is 20.2 Å². The Balaban J connectivity index is 2.18. The van der Waals surface area contributed by atoms with Gasteiger partial charge in [0.2, 0.25) is 0 Å². The van der Waals surface area contributed by atoms with E-state index in [1.165, 1.54) is 47.7 Å². The normalized spacial score (nSPS) is 19.2. The van der Waals surface area contributed by atoms with Crippen molar-refractivity contribution in [1.29, 1.82) is 0 Å². The summed E-state index contributed by atoms with van der Waals surface area (Å²) in [5.41, 5.74) is 2.68. The molecule has 1 aromatic carbocycles. The van der Waals surface area contributed by atoms with E-state index in [2.05, 4.69) is 41.1 Å². The fourth-order valence-corrected chi connectivity index (χ4v) is 3.42. The molecule has 1 unspecified atom stereocenters. The molecule has 2 rings (SSSR count). The molecular formula is C15H21BrO. The van der Waals surface area contributed by atoms with Crippen LogP contribution in [0.25, 0.3) is 0 Å². The molecule has 1 atom stereocenters. The second-order valence-electron chi connectivity index (χ2n) is 5.20. The summed E-state index contributed by atoms with van der Waals surface area (Å²) in [6.45, 7) is 2.28. The van der Waals surface area contributed by atoms with Gasteiger partial charge in [-0.1, -0.05) is 54.2 Å². The van der Waals surface area contributed by atoms with E-state index in [9.17, 15) is 5.11 Å². The van der Waals surface area contributed by atoms with Gasteiger partial charge in [-0.05, 0) is 36.0 Å². The first-order valence-corrected chi connectivity index (χ1v) is 7.42. The summed E-state index contributed by atoms with van der Waals surface area (Å²) in [6.07, 6.45) is 6.78. The first-order chi connectivity index (χ1) is 8.22. The number of hydrogen-bond acceptors (Lipinski definition) is 1. The molecular weight excluding hydrogens is 276 g/mol. The van der Waals surface area contributed by atoms with Crippen LogP contribution in [0.1, 0.15) is 62.0 Å². The molecule has 0 spiro atoms. The Bertz CT molecular complexity index is 369. The SMILES string of the molecule is CC(CO)c1ccc(C2CCCCC2)c(Br)c1. The molecule has 1 aliphatic rings. The molecule has 0 radical (unpaired) electrons. The summed E-state index contributed by atoms with van der Waals surface area (Å²) in [6, 6.07) is 6.61. The molecule has 2 heteroatoms. The van der Waals surface area contributed by atoms with E-state index in [0.717, 1.165) is 5.92 Å². The van der Waals surface area contributed by atoms with Crippen LogP contribution in [0.5, 0.6) is 0 Å². The number of hydrogen-bond donors (Lipinski definition) is 1. The van der Waals surface area contributed by atoms with Crippen LogP contribution in [0.4, 0.5) is 0 Å². The van der Waals surface area contributed by atoms with E-state index >= 15 is 0 Å². The van der Waals surface area contributed by atoms with Crippen LogP contribution >= 0.6 is 15.9 Å². The van der Waals surface area contributed by atoms with E-state index in [-0.39, 0.29) is 12.5 Å². The third-order valence-corrected chi connectivity index (χ3v) is 4.60. The highest BCUT2D eigenvalue weighted by Crippen LogP contribution is 2.37. The number of aliphatic hydroxyl groups excluding tert-OH is 1. The highest BCUT2D eigenvalue weighted by Gasteiger charge is 2.18. The molecule has 1 nitrogen and oxygen atoms in total. The lowest BCUT2D eigenvalue weighted by molar-refractivity contribution is 0.273. The smallest absolute Gasteiger partial charge is 0.0497 e. The van der Waals surface area contributed by atoms with Crippen LogP contribution in [0.3, 0.4) is 0 Å². The lowest BCUT2D eigenvalue weighted by Crippen LogP contribution is -2.06. The molecule has 0 aromatic heterocycles. The van der Waals surface area contributed by atoms with Crippen molar-refractivity contribution >= 4 is 15.9 Å². The molecule has 1 aromatic rings. The lowest BCUT2D eigenvalue weighted by Gasteiger charge is -2.23. The van der Waals surface area contributed by atoms with Crippen molar-refractivity contribution in [3.05, 3.63) is 33.8 Å². The minimum Gasteiger partial charge on any atom is -0.396 e. The zero-order valence-corrected chi connectivity index (χ0v) is 12.0. The van der Waals surface area contributed by atoms with Crippen molar-refractivity contribution < 1.29 is 5.11 Å². The Hall–Kier alpha value is -0.340. The van der Waals surface area contributed by atoms with Crippen molar-refractivity contribution in [2.24, 2.45) is 0 Å². The van der Waals surface area contributed by atoms with Crippen molar-refractivity contribution in [3.63, 3.8) is 0 Å². The molecule has 0 saturated heterocycles. The molecule has 17 heavy (non-hydrogen) atoms. The van der Waals surface area contributed by atoms with Gasteiger partial charge in [-0.3, -0.25) is 0 Å². The predicted molar refractivity (Wildman–Crippen MR) is 75.5 cm³/mol. The third kappa shape index (κ3) is 3.11. The van der Waals surface area contributed by atoms with Gasteiger partial charge in [0.1, 0.15) is 0 Å². The number of halogens is 1. The zero-order chi connectivity index (χ0) is 12.3. The molecule has 0 bridgehead atoms. The molecule has 1 aliphatic carbocycles. The van der Waals surface area contributed by atoms with Crippen LogP contribution in [-0.4, -0.2) is 11.7 Å². The molecule has 1 saturated carbocycles. The molecule has 1 fully saturated rings. The number of benzene rings is 1. The van der Waals surface area contributed by atoms with Gasteiger partial charge in [0.05, 0.1) is 0 Å². The average molecular weight is 297 g/mol. The minimum absolute atomic E-state index is 0.217. The summed E-state index contributed by atoms with van der Waals surface area (Å²) in [4.78, 5) is 0. The fourth-order valence-electron chi connectivity index (χ4n) is 2.70. The quantitative estimate of drug-likeness (QED) is 0.865. The second-order valence-corrected chi connectivity index (χ2v) is 6.05. The Morgan fingerprint density at radius 1 is 1.29 bits per heavy atom. The van der Waals surface area contributed by atoms with Crippen LogP contribution in [0.2, 0.25) is 0 Å². The Labute approximate surface area is 112 Å². The molecule has 0 heterocycles. The summed E-state index contributed by atoms with van der Waals surface area (Å²) in [5.74, 6) is 0.961. The van der Waals surface area contributed by atoms with E-state index in [1.807, 2.05) is 0 Å². The van der Waals surface area contributed by atoms with E-state index in [1.54, 1.807) is 0 Å². The predicted octanol–water partition coefficient (Wildman–Crippen LogP) is 4.59. The van der Waals surface area contributed by atoms with Gasteiger partial charge >= 0.3 is 0 Å². The minimum atomic E-state index is 0.217. The van der Waals surface area contributed by atoms with E-state index < -0.39 is 0 Å². The zero-order valence-electron chi connectivity index (χ0n) is 10.5. The van der Waals surface area contributed by atoms with Crippen LogP contribution < -0.4 is 0 Å². The first kappa shape index (κ1) is 13.1. The Kier molecular flexibility index (Phi) is 4.63. The van der Waals surface area contributed by atoms with Gasteiger partial charge < -0.3 is 5.11 Å². The standard InChI is InChI=1S/C15H21BrO/c1-11(10-17)13-7-8-14(15(16)9-13)12-5-3-2-4-6-12/h7-9,11-12,17H,2-6,10H2,1H3. The molecule has 94 valence electrons. The van der Waals surface area contributed by atoms with Gasteiger partial charge in [-0.25, -0.2) is 0 Å². The maximum absolute atomic E-state index is 9.18. The molecule has 0 amide bonds. The van der Waals surface area contributed by atoms with Gasteiger partial charge in [-0.2, -0.15) is 0 Å². The van der Waals surface area contributed by atoms with Crippen LogP contribution in [-0.2, 0) is 0 Å². The highest BCUT2D eigenvalue weighted by molar-refractivity contribution is 9.10. The largest absolute Gasteiger partial charge is 0.396 e. The first-order valence-electron chi connectivity index (χ1n) is 6.62. The summed E-state index contributed by atoms with van der Waals surface area (Å²) in [7, 11) is 0. The van der Waals surface area contributed by atoms with E-state index in [0.29, 0.717) is 0 Å². The van der Waals surface area contributed by atoms with Crippen molar-refractivity contribution in [1.82, 2.24) is 0 Å². The number of aliphatic hydroxyl groups is 1. The van der Waals surface area contributed by atoms with Gasteiger partial charge in [0.25, 0.3) is 0 Å². The maximum Gasteiger partial charge on any atom is 0.0497 e. The monoisotopic (exact) mass is 296 g/mol. The second kappa shape index (κ2) is 6.01. The summed E-state index contributed by atoms with van der Waals surface area (Å²) in [5, 5.41) is 9.18. The van der Waals surface area contributed by atoms with Gasteiger partial charge in [0.15, 0.2) is 0 Å². The van der Waals surface area contributed by atoms with E-state index in [4.69, 9.17) is 0 Å². The number of rotatable bonds is 3. The Morgan fingerprint density at radius 2 is 2.00 bits per heavy atom. The van der Waals surface area contributed by atoms with Crippen molar-refractivity contribution in [3.8, 4) is 0 Å². The van der Waals surface area contributed by atoms with Crippen LogP contribution in [0, 0.1) is 0 Å². The maximum atomic E-state index is 9.18. The molecule has 0 aliphatic heterocycles. The van der Waals surface area contributed by atoms with Crippen molar-refractivity contribution in [2.45, 2.75) is 50.9 Å². The van der Waals surface area contributed by atoms with Gasteiger partial charge in [0, 0.05) is 17.0 Å². The Morgan fingerprint density at radius 3 is 2.59 bits per heavy atom. The van der Waals surface area contributed by atoms with Crippen molar-refractivity contribution in [2.75, 3.05) is 6.61 Å².